The fourth-order valence-electron chi connectivity index (χ4n) is 2.73. The lowest BCUT2D eigenvalue weighted by atomic mass is 10.0. The van der Waals surface area contributed by atoms with Crippen molar-refractivity contribution in [2.24, 2.45) is 0 Å². The van der Waals surface area contributed by atoms with Gasteiger partial charge in [0.1, 0.15) is 22.1 Å². The Kier molecular flexibility index (Phi) is 6.08. The zero-order chi connectivity index (χ0) is 19.2. The predicted octanol–water partition coefficient (Wildman–Crippen LogP) is 5.06. The Morgan fingerprint density at radius 2 is 1.93 bits per heavy atom. The van der Waals surface area contributed by atoms with Crippen LogP contribution in [0.25, 0.3) is 11.1 Å². The van der Waals surface area contributed by atoms with Crippen LogP contribution < -0.4 is 5.32 Å². The number of carbonyl (C=O) groups is 2. The van der Waals surface area contributed by atoms with Gasteiger partial charge in [-0.25, -0.2) is 4.79 Å². The van der Waals surface area contributed by atoms with Crippen LogP contribution in [0.5, 0.6) is 0 Å². The third-order valence-electron chi connectivity index (χ3n) is 4.00. The molecule has 0 saturated heterocycles. The SMILES string of the molecule is CCOC(=O)c1c(-c2ccccc2)csc1NC(=O)CCc1ccc(C)o1. The minimum absolute atomic E-state index is 0.170. The summed E-state index contributed by atoms with van der Waals surface area (Å²) in [6, 6.07) is 13.3. The summed E-state index contributed by atoms with van der Waals surface area (Å²) in [5, 5.41) is 5.23. The first-order valence-electron chi connectivity index (χ1n) is 8.77. The van der Waals surface area contributed by atoms with Crippen LogP contribution in [0, 0.1) is 6.92 Å². The van der Waals surface area contributed by atoms with Crippen molar-refractivity contribution in [3.63, 3.8) is 0 Å². The van der Waals surface area contributed by atoms with Gasteiger partial charge in [-0.05, 0) is 31.5 Å². The van der Waals surface area contributed by atoms with Crippen molar-refractivity contribution in [2.45, 2.75) is 26.7 Å². The molecule has 3 rings (SSSR count). The Labute approximate surface area is 162 Å². The standard InChI is InChI=1S/C21H21NO4S/c1-3-25-21(24)19-17(15-7-5-4-6-8-15)13-27-20(19)22-18(23)12-11-16-10-9-14(2)26-16/h4-10,13H,3,11-12H2,1-2H3,(H,22,23). The van der Waals surface area contributed by atoms with E-state index in [9.17, 15) is 9.59 Å². The molecule has 0 radical (unpaired) electrons. The smallest absolute Gasteiger partial charge is 0.341 e. The van der Waals surface area contributed by atoms with Crippen LogP contribution in [0.4, 0.5) is 5.00 Å². The highest BCUT2D eigenvalue weighted by atomic mass is 32.1. The van der Waals surface area contributed by atoms with Gasteiger partial charge in [0.2, 0.25) is 5.91 Å². The third kappa shape index (κ3) is 4.65. The molecule has 0 aliphatic carbocycles. The zero-order valence-corrected chi connectivity index (χ0v) is 16.1. The molecule has 0 spiro atoms. The summed E-state index contributed by atoms with van der Waals surface area (Å²) < 4.78 is 10.7. The number of ether oxygens (including phenoxy) is 1. The van der Waals surface area contributed by atoms with Gasteiger partial charge in [-0.3, -0.25) is 4.79 Å². The molecular formula is C21H21NO4S. The molecule has 0 unspecified atom stereocenters. The molecule has 1 N–H and O–H groups in total. The van der Waals surface area contributed by atoms with Gasteiger partial charge in [-0.15, -0.1) is 11.3 Å². The molecular weight excluding hydrogens is 362 g/mol. The number of rotatable bonds is 7. The molecule has 0 fully saturated rings. The maximum Gasteiger partial charge on any atom is 0.341 e. The number of hydrogen-bond acceptors (Lipinski definition) is 5. The van der Waals surface area contributed by atoms with E-state index in [0.29, 0.717) is 17.0 Å². The molecule has 1 aromatic carbocycles. The number of anilines is 1. The number of benzene rings is 1. The minimum atomic E-state index is -0.436. The molecule has 6 heteroatoms. The largest absolute Gasteiger partial charge is 0.466 e. The predicted molar refractivity (Wildman–Crippen MR) is 106 cm³/mol. The number of esters is 1. The minimum Gasteiger partial charge on any atom is -0.466 e. The van der Waals surface area contributed by atoms with E-state index in [2.05, 4.69) is 5.32 Å². The average molecular weight is 383 g/mol. The van der Waals surface area contributed by atoms with Crippen molar-refractivity contribution in [2.75, 3.05) is 11.9 Å². The molecule has 27 heavy (non-hydrogen) atoms. The van der Waals surface area contributed by atoms with Gasteiger partial charge in [0.25, 0.3) is 0 Å². The zero-order valence-electron chi connectivity index (χ0n) is 15.3. The normalized spacial score (nSPS) is 10.6. The Bertz CT molecular complexity index is 927. The summed E-state index contributed by atoms with van der Waals surface area (Å²) in [5.74, 6) is 0.982. The molecule has 3 aromatic rings. The van der Waals surface area contributed by atoms with E-state index in [4.69, 9.17) is 9.15 Å². The lowest BCUT2D eigenvalue weighted by molar-refractivity contribution is -0.116. The molecule has 0 aliphatic heterocycles. The number of amides is 1. The Morgan fingerprint density at radius 1 is 1.15 bits per heavy atom. The van der Waals surface area contributed by atoms with Crippen molar-refractivity contribution >= 4 is 28.2 Å². The van der Waals surface area contributed by atoms with E-state index < -0.39 is 5.97 Å². The summed E-state index contributed by atoms with van der Waals surface area (Å²) >= 11 is 1.32. The molecule has 0 aliphatic rings. The summed E-state index contributed by atoms with van der Waals surface area (Å²) in [5.41, 5.74) is 2.06. The van der Waals surface area contributed by atoms with Gasteiger partial charge < -0.3 is 14.5 Å². The van der Waals surface area contributed by atoms with Crippen molar-refractivity contribution in [1.29, 1.82) is 0 Å². The molecule has 5 nitrogen and oxygen atoms in total. The second-order valence-electron chi connectivity index (χ2n) is 6.00. The summed E-state index contributed by atoms with van der Waals surface area (Å²) in [6.07, 6.45) is 0.777. The van der Waals surface area contributed by atoms with Crippen LogP contribution in [0.1, 0.15) is 35.2 Å². The van der Waals surface area contributed by atoms with Gasteiger partial charge in [0, 0.05) is 23.8 Å². The maximum atomic E-state index is 12.5. The van der Waals surface area contributed by atoms with Crippen LogP contribution in [0.3, 0.4) is 0 Å². The van der Waals surface area contributed by atoms with Crippen LogP contribution in [0.2, 0.25) is 0 Å². The van der Waals surface area contributed by atoms with E-state index in [1.807, 2.05) is 54.8 Å². The first-order chi connectivity index (χ1) is 13.1. The van der Waals surface area contributed by atoms with E-state index in [1.54, 1.807) is 6.92 Å². The number of hydrogen-bond donors (Lipinski definition) is 1. The number of carbonyl (C=O) groups excluding carboxylic acids is 2. The Balaban J connectivity index is 1.78. The van der Waals surface area contributed by atoms with Crippen molar-refractivity contribution < 1.29 is 18.7 Å². The van der Waals surface area contributed by atoms with Crippen LogP contribution in [0.15, 0.2) is 52.3 Å². The van der Waals surface area contributed by atoms with Crippen LogP contribution in [-0.2, 0) is 16.0 Å². The highest BCUT2D eigenvalue weighted by Gasteiger charge is 2.22. The van der Waals surface area contributed by atoms with Gasteiger partial charge in [0.15, 0.2) is 0 Å². The molecule has 2 aromatic heterocycles. The molecule has 2 heterocycles. The second-order valence-corrected chi connectivity index (χ2v) is 6.88. The fourth-order valence-corrected chi connectivity index (χ4v) is 3.70. The monoisotopic (exact) mass is 383 g/mol. The molecule has 0 saturated carbocycles. The fraction of sp³-hybridized carbons (Fsp3) is 0.238. The molecule has 140 valence electrons. The molecule has 1 amide bonds. The second kappa shape index (κ2) is 8.68. The van der Waals surface area contributed by atoms with Crippen molar-refractivity contribution in [3.05, 3.63) is 64.9 Å². The van der Waals surface area contributed by atoms with Crippen molar-refractivity contribution in [1.82, 2.24) is 0 Å². The third-order valence-corrected chi connectivity index (χ3v) is 4.90. The first kappa shape index (κ1) is 18.9. The van der Waals surface area contributed by atoms with Crippen molar-refractivity contribution in [3.8, 4) is 11.1 Å². The Morgan fingerprint density at radius 3 is 2.59 bits per heavy atom. The van der Waals surface area contributed by atoms with Gasteiger partial charge in [0.05, 0.1) is 6.61 Å². The van der Waals surface area contributed by atoms with Gasteiger partial charge in [-0.1, -0.05) is 30.3 Å². The van der Waals surface area contributed by atoms with Gasteiger partial charge in [-0.2, -0.15) is 0 Å². The molecule has 0 atom stereocenters. The summed E-state index contributed by atoms with van der Waals surface area (Å²) in [7, 11) is 0. The summed E-state index contributed by atoms with van der Waals surface area (Å²) in [4.78, 5) is 24.9. The molecule has 0 bridgehead atoms. The van der Waals surface area contributed by atoms with Crippen LogP contribution >= 0.6 is 11.3 Å². The van der Waals surface area contributed by atoms with E-state index >= 15 is 0 Å². The highest BCUT2D eigenvalue weighted by Crippen LogP contribution is 2.36. The number of furan rings is 1. The maximum absolute atomic E-state index is 12.5. The Hall–Kier alpha value is -2.86. The number of thiophene rings is 1. The van der Waals surface area contributed by atoms with E-state index in [1.165, 1.54) is 11.3 Å². The van der Waals surface area contributed by atoms with Crippen LogP contribution in [-0.4, -0.2) is 18.5 Å². The van der Waals surface area contributed by atoms with Gasteiger partial charge >= 0.3 is 5.97 Å². The lowest BCUT2D eigenvalue weighted by Gasteiger charge is -2.08. The average Bonchev–Trinajstić information content (AvgIpc) is 3.27. The van der Waals surface area contributed by atoms with E-state index in [-0.39, 0.29) is 18.9 Å². The highest BCUT2D eigenvalue weighted by molar-refractivity contribution is 7.15. The summed E-state index contributed by atoms with van der Waals surface area (Å²) in [6.45, 7) is 3.90. The first-order valence-corrected chi connectivity index (χ1v) is 9.65. The quantitative estimate of drug-likeness (QED) is 0.579. The number of nitrogens with one attached hydrogen (secondary N) is 1. The topological polar surface area (TPSA) is 68.5 Å². The van der Waals surface area contributed by atoms with E-state index in [0.717, 1.165) is 22.6 Å². The lowest BCUT2D eigenvalue weighted by Crippen LogP contribution is -2.15. The number of aryl methyl sites for hydroxylation is 2.